The lowest BCUT2D eigenvalue weighted by Crippen LogP contribution is -1.92. The highest BCUT2D eigenvalue weighted by Crippen LogP contribution is 2.14. The molecule has 0 bridgehead atoms. The van der Waals surface area contributed by atoms with Gasteiger partial charge in [-0.1, -0.05) is 26.0 Å². The van der Waals surface area contributed by atoms with Crippen LogP contribution >= 0.6 is 0 Å². The molecule has 0 atom stereocenters. The summed E-state index contributed by atoms with van der Waals surface area (Å²) >= 11 is 0. The first-order valence-electron chi connectivity index (χ1n) is 4.87. The van der Waals surface area contributed by atoms with Crippen LogP contribution in [0.4, 0.5) is 0 Å². The maximum Gasteiger partial charge on any atom is 0.292 e. The van der Waals surface area contributed by atoms with Gasteiger partial charge in [-0.15, -0.1) is 5.26 Å². The van der Waals surface area contributed by atoms with E-state index in [0.29, 0.717) is 5.75 Å². The average Bonchev–Trinajstić information content (AvgIpc) is 2.17. The number of nitrogens with zero attached hydrogens (tertiary/aromatic N) is 1. The summed E-state index contributed by atoms with van der Waals surface area (Å²) in [5, 5.41) is 8.29. The van der Waals surface area contributed by atoms with Crippen LogP contribution in [0.25, 0.3) is 0 Å². The van der Waals surface area contributed by atoms with Gasteiger partial charge in [-0.2, -0.15) is 0 Å². The van der Waals surface area contributed by atoms with Crippen molar-refractivity contribution in [3.05, 3.63) is 29.8 Å². The Morgan fingerprint density at radius 1 is 1.29 bits per heavy atom. The first-order valence-corrected chi connectivity index (χ1v) is 4.87. The van der Waals surface area contributed by atoms with Gasteiger partial charge in [0.05, 0.1) is 0 Å². The summed E-state index contributed by atoms with van der Waals surface area (Å²) in [5.74, 6) is 1.34. The standard InChI is InChI=1S/C12H15NO/c1-10(2)3-4-11-5-7-12(8-6-11)14-9-13/h5-8,10H,3-4H2,1-2H3. The van der Waals surface area contributed by atoms with E-state index in [2.05, 4.69) is 13.8 Å². The fourth-order valence-corrected chi connectivity index (χ4v) is 1.23. The van der Waals surface area contributed by atoms with Gasteiger partial charge in [0.15, 0.2) is 0 Å². The van der Waals surface area contributed by atoms with Crippen LogP contribution in [-0.2, 0) is 6.42 Å². The van der Waals surface area contributed by atoms with Crippen molar-refractivity contribution >= 4 is 0 Å². The number of aryl methyl sites for hydroxylation is 1. The second-order valence-electron chi connectivity index (χ2n) is 3.77. The van der Waals surface area contributed by atoms with Crippen LogP contribution in [0.3, 0.4) is 0 Å². The number of benzene rings is 1. The summed E-state index contributed by atoms with van der Waals surface area (Å²) in [6.07, 6.45) is 3.93. The Labute approximate surface area is 85.1 Å². The molecule has 0 saturated carbocycles. The quantitative estimate of drug-likeness (QED) is 0.682. The van der Waals surface area contributed by atoms with Gasteiger partial charge in [0.25, 0.3) is 6.26 Å². The van der Waals surface area contributed by atoms with Crippen LogP contribution in [0.5, 0.6) is 5.75 Å². The summed E-state index contributed by atoms with van der Waals surface area (Å²) in [4.78, 5) is 0. The van der Waals surface area contributed by atoms with E-state index in [-0.39, 0.29) is 0 Å². The smallest absolute Gasteiger partial charge is 0.292 e. The molecule has 1 aromatic carbocycles. The molecule has 0 aliphatic heterocycles. The molecule has 14 heavy (non-hydrogen) atoms. The third-order valence-corrected chi connectivity index (χ3v) is 2.10. The third-order valence-electron chi connectivity index (χ3n) is 2.10. The molecule has 0 fully saturated rings. The van der Waals surface area contributed by atoms with Gasteiger partial charge in [0, 0.05) is 0 Å². The molecule has 0 spiro atoms. The van der Waals surface area contributed by atoms with Gasteiger partial charge in [-0.25, -0.2) is 0 Å². The molecule has 0 aliphatic rings. The van der Waals surface area contributed by atoms with E-state index in [1.807, 2.05) is 24.3 Å². The normalized spacial score (nSPS) is 9.86. The van der Waals surface area contributed by atoms with Crippen molar-refractivity contribution in [1.82, 2.24) is 0 Å². The van der Waals surface area contributed by atoms with E-state index in [0.717, 1.165) is 12.3 Å². The molecule has 0 aromatic heterocycles. The van der Waals surface area contributed by atoms with Crippen molar-refractivity contribution < 1.29 is 4.74 Å². The van der Waals surface area contributed by atoms with Gasteiger partial charge in [0.2, 0.25) is 0 Å². The van der Waals surface area contributed by atoms with Crippen LogP contribution in [0.2, 0.25) is 0 Å². The van der Waals surface area contributed by atoms with E-state index in [4.69, 9.17) is 10.00 Å². The Hall–Kier alpha value is -1.49. The van der Waals surface area contributed by atoms with E-state index in [1.165, 1.54) is 12.0 Å². The maximum absolute atomic E-state index is 8.29. The second-order valence-corrected chi connectivity index (χ2v) is 3.77. The first-order chi connectivity index (χ1) is 6.72. The summed E-state index contributed by atoms with van der Waals surface area (Å²) in [7, 11) is 0. The van der Waals surface area contributed by atoms with E-state index in [9.17, 15) is 0 Å². The molecule has 0 unspecified atom stereocenters. The minimum atomic E-state index is 0.612. The predicted molar refractivity (Wildman–Crippen MR) is 55.8 cm³/mol. The average molecular weight is 189 g/mol. The molecular weight excluding hydrogens is 174 g/mol. The number of ether oxygens (including phenoxy) is 1. The zero-order chi connectivity index (χ0) is 10.4. The van der Waals surface area contributed by atoms with Crippen molar-refractivity contribution in [2.75, 3.05) is 0 Å². The molecule has 2 heteroatoms. The summed E-state index contributed by atoms with van der Waals surface area (Å²) in [5.41, 5.74) is 1.30. The third kappa shape index (κ3) is 3.49. The highest BCUT2D eigenvalue weighted by Gasteiger charge is 1.97. The largest absolute Gasteiger partial charge is 0.388 e. The fraction of sp³-hybridized carbons (Fsp3) is 0.417. The van der Waals surface area contributed by atoms with Crippen molar-refractivity contribution in [2.45, 2.75) is 26.7 Å². The Balaban J connectivity index is 2.52. The molecule has 0 amide bonds. The van der Waals surface area contributed by atoms with Crippen LogP contribution in [-0.4, -0.2) is 0 Å². The Kier molecular flexibility index (Phi) is 4.00. The number of hydrogen-bond acceptors (Lipinski definition) is 2. The topological polar surface area (TPSA) is 33.0 Å². The van der Waals surface area contributed by atoms with Gasteiger partial charge in [-0.3, -0.25) is 0 Å². The molecule has 1 aromatic rings. The van der Waals surface area contributed by atoms with Gasteiger partial charge < -0.3 is 4.74 Å². The summed E-state index contributed by atoms with van der Waals surface area (Å²) < 4.78 is 4.69. The summed E-state index contributed by atoms with van der Waals surface area (Å²) in [6.45, 7) is 4.43. The molecule has 2 nitrogen and oxygen atoms in total. The predicted octanol–water partition coefficient (Wildman–Crippen LogP) is 3.14. The molecule has 0 saturated heterocycles. The molecule has 0 heterocycles. The van der Waals surface area contributed by atoms with Crippen LogP contribution in [0.15, 0.2) is 24.3 Å². The first kappa shape index (κ1) is 10.6. The molecule has 0 N–H and O–H groups in total. The second kappa shape index (κ2) is 5.29. The van der Waals surface area contributed by atoms with Crippen molar-refractivity contribution in [1.29, 1.82) is 5.26 Å². The minimum Gasteiger partial charge on any atom is -0.388 e. The van der Waals surface area contributed by atoms with Crippen molar-refractivity contribution in [2.24, 2.45) is 5.92 Å². The maximum atomic E-state index is 8.29. The van der Waals surface area contributed by atoms with Crippen LogP contribution in [0, 0.1) is 17.4 Å². The van der Waals surface area contributed by atoms with E-state index >= 15 is 0 Å². The van der Waals surface area contributed by atoms with E-state index in [1.54, 1.807) is 6.26 Å². The zero-order valence-corrected chi connectivity index (χ0v) is 8.66. The minimum absolute atomic E-state index is 0.612. The van der Waals surface area contributed by atoms with Crippen molar-refractivity contribution in [3.63, 3.8) is 0 Å². The van der Waals surface area contributed by atoms with Crippen LogP contribution < -0.4 is 4.74 Å². The number of hydrogen-bond donors (Lipinski definition) is 0. The van der Waals surface area contributed by atoms with Crippen LogP contribution in [0.1, 0.15) is 25.8 Å². The zero-order valence-electron chi connectivity index (χ0n) is 8.66. The lowest BCUT2D eigenvalue weighted by molar-refractivity contribution is 0.506. The van der Waals surface area contributed by atoms with Gasteiger partial charge >= 0.3 is 0 Å². The highest BCUT2D eigenvalue weighted by atomic mass is 16.5. The van der Waals surface area contributed by atoms with Gasteiger partial charge in [-0.05, 0) is 36.5 Å². The monoisotopic (exact) mass is 189 g/mol. The lowest BCUT2D eigenvalue weighted by Gasteiger charge is -2.04. The Morgan fingerprint density at radius 3 is 2.43 bits per heavy atom. The van der Waals surface area contributed by atoms with Crippen molar-refractivity contribution in [3.8, 4) is 12.0 Å². The SMILES string of the molecule is CC(C)CCc1ccc(OC#N)cc1. The number of rotatable bonds is 4. The Morgan fingerprint density at radius 2 is 1.93 bits per heavy atom. The van der Waals surface area contributed by atoms with Gasteiger partial charge in [0.1, 0.15) is 5.75 Å². The highest BCUT2D eigenvalue weighted by molar-refractivity contribution is 5.28. The Bertz CT molecular complexity index is 308. The van der Waals surface area contributed by atoms with E-state index < -0.39 is 0 Å². The molecule has 0 aliphatic carbocycles. The fourth-order valence-electron chi connectivity index (χ4n) is 1.23. The molecule has 1 rings (SSSR count). The molecule has 0 radical (unpaired) electrons. The molecular formula is C12H15NO. The molecule has 74 valence electrons. The summed E-state index contributed by atoms with van der Waals surface area (Å²) in [6, 6.07) is 7.68. The number of nitriles is 1. The lowest BCUT2D eigenvalue weighted by atomic mass is 10.0.